The minimum absolute atomic E-state index is 0.00900. The highest BCUT2D eigenvalue weighted by atomic mass is 35.5. The van der Waals surface area contributed by atoms with Gasteiger partial charge in [0.2, 0.25) is 0 Å². The van der Waals surface area contributed by atoms with Gasteiger partial charge in [0, 0.05) is 16.1 Å². The maximum atomic E-state index is 11.0. The van der Waals surface area contributed by atoms with E-state index in [1.54, 1.807) is 11.8 Å². The van der Waals surface area contributed by atoms with Gasteiger partial charge in [-0.2, -0.15) is 0 Å². The number of rotatable bonds is 7. The average molecular weight is 394 g/mol. The van der Waals surface area contributed by atoms with E-state index in [1.165, 1.54) is 0 Å². The van der Waals surface area contributed by atoms with Crippen molar-refractivity contribution in [2.45, 2.75) is 24.9 Å². The number of carbonyl (C=O) groups is 1. The molecule has 138 valence electrons. The standard InChI is InChI=1S/C19H20ClNO4S/c1-2-24-17-9-12(18-21-15(11-26-18)19(22)23)7-8-16(17)25-10-13-5-3-4-6-14(13)20/h3-9,15,18,21H,2,10-11H2,1H3,(H,22,23)/t15-,18-/m0/s1. The second-order valence-electron chi connectivity index (χ2n) is 5.89. The molecule has 0 amide bonds. The Kier molecular flexibility index (Phi) is 6.29. The molecule has 0 spiro atoms. The highest BCUT2D eigenvalue weighted by molar-refractivity contribution is 7.99. The Balaban J connectivity index is 1.74. The summed E-state index contributed by atoms with van der Waals surface area (Å²) in [6.45, 7) is 2.76. The molecule has 7 heteroatoms. The zero-order valence-electron chi connectivity index (χ0n) is 14.3. The number of aliphatic carboxylic acids is 1. The van der Waals surface area contributed by atoms with Crippen molar-refractivity contribution in [3.8, 4) is 11.5 Å². The van der Waals surface area contributed by atoms with E-state index in [4.69, 9.17) is 21.1 Å². The third-order valence-corrected chi connectivity index (χ3v) is 5.81. The Labute approximate surface area is 161 Å². The zero-order valence-corrected chi connectivity index (χ0v) is 15.9. The van der Waals surface area contributed by atoms with E-state index >= 15 is 0 Å². The summed E-state index contributed by atoms with van der Waals surface area (Å²) in [7, 11) is 0. The Morgan fingerprint density at radius 2 is 2.08 bits per heavy atom. The van der Waals surface area contributed by atoms with Crippen LogP contribution in [0.5, 0.6) is 11.5 Å². The number of hydrogen-bond donors (Lipinski definition) is 1. The van der Waals surface area contributed by atoms with Crippen molar-refractivity contribution in [3.63, 3.8) is 0 Å². The van der Waals surface area contributed by atoms with E-state index in [9.17, 15) is 9.90 Å². The molecule has 1 fully saturated rings. The second kappa shape index (κ2) is 8.66. The number of thioether (sulfide) groups is 1. The average Bonchev–Trinajstić information content (AvgIpc) is 3.12. The summed E-state index contributed by atoms with van der Waals surface area (Å²) in [6, 6.07) is 12.7. The highest BCUT2D eigenvalue weighted by Gasteiger charge is 2.31. The van der Waals surface area contributed by atoms with Gasteiger partial charge in [-0.3, -0.25) is 0 Å². The van der Waals surface area contributed by atoms with E-state index in [1.807, 2.05) is 54.7 Å². The van der Waals surface area contributed by atoms with Crippen LogP contribution in [0.3, 0.4) is 0 Å². The van der Waals surface area contributed by atoms with Crippen molar-refractivity contribution in [3.05, 3.63) is 58.6 Å². The molecule has 2 aromatic rings. The minimum Gasteiger partial charge on any atom is -0.544 e. The molecule has 0 radical (unpaired) electrons. The van der Waals surface area contributed by atoms with Crippen molar-refractivity contribution in [1.82, 2.24) is 0 Å². The van der Waals surface area contributed by atoms with Gasteiger partial charge in [0.25, 0.3) is 0 Å². The molecule has 3 rings (SSSR count). The minimum atomic E-state index is -1.02. The van der Waals surface area contributed by atoms with E-state index < -0.39 is 12.0 Å². The van der Waals surface area contributed by atoms with E-state index in [0.29, 0.717) is 35.5 Å². The van der Waals surface area contributed by atoms with Gasteiger partial charge in [-0.25, -0.2) is 0 Å². The summed E-state index contributed by atoms with van der Waals surface area (Å²) in [6.07, 6.45) is 0. The number of benzene rings is 2. The lowest BCUT2D eigenvalue weighted by Crippen LogP contribution is -2.90. The number of carboxylic acid groups (broad SMARTS) is 1. The number of carbonyl (C=O) groups excluding carboxylic acids is 1. The van der Waals surface area contributed by atoms with Gasteiger partial charge in [-0.05, 0) is 31.2 Å². The van der Waals surface area contributed by atoms with Crippen LogP contribution < -0.4 is 19.9 Å². The number of ether oxygens (including phenoxy) is 2. The predicted molar refractivity (Wildman–Crippen MR) is 99.3 cm³/mol. The van der Waals surface area contributed by atoms with Crippen LogP contribution in [0.4, 0.5) is 0 Å². The summed E-state index contributed by atoms with van der Waals surface area (Å²) in [5.74, 6) is 0.782. The van der Waals surface area contributed by atoms with Gasteiger partial charge in [0.05, 0.1) is 12.4 Å². The fourth-order valence-electron chi connectivity index (χ4n) is 2.74. The topological polar surface area (TPSA) is 75.2 Å². The summed E-state index contributed by atoms with van der Waals surface area (Å²) in [5, 5.41) is 13.5. The van der Waals surface area contributed by atoms with Crippen LogP contribution in [0.2, 0.25) is 5.02 Å². The maximum Gasteiger partial charge on any atom is 0.161 e. The molecule has 1 aliphatic rings. The molecule has 0 aromatic heterocycles. The van der Waals surface area contributed by atoms with Crippen molar-refractivity contribution in [1.29, 1.82) is 0 Å². The van der Waals surface area contributed by atoms with Gasteiger partial charge in [0.15, 0.2) is 16.9 Å². The van der Waals surface area contributed by atoms with Crippen molar-refractivity contribution in [2.24, 2.45) is 0 Å². The molecule has 1 saturated heterocycles. The first kappa shape index (κ1) is 18.9. The van der Waals surface area contributed by atoms with Crippen LogP contribution >= 0.6 is 23.4 Å². The molecule has 0 saturated carbocycles. The van der Waals surface area contributed by atoms with Gasteiger partial charge in [0.1, 0.15) is 18.6 Å². The lowest BCUT2D eigenvalue weighted by molar-refractivity contribution is -0.690. The number of nitrogens with two attached hydrogens (primary N) is 1. The molecule has 26 heavy (non-hydrogen) atoms. The normalized spacial score (nSPS) is 19.3. The quantitative estimate of drug-likeness (QED) is 0.775. The molecule has 2 atom stereocenters. The molecule has 0 bridgehead atoms. The van der Waals surface area contributed by atoms with Gasteiger partial charge < -0.3 is 24.7 Å². The third kappa shape index (κ3) is 4.44. The molecular formula is C19H20ClNO4S. The van der Waals surface area contributed by atoms with Crippen LogP contribution in [-0.4, -0.2) is 24.4 Å². The van der Waals surface area contributed by atoms with Crippen molar-refractivity contribution >= 4 is 29.3 Å². The van der Waals surface area contributed by atoms with Gasteiger partial charge in [-0.15, -0.1) is 0 Å². The molecule has 2 aromatic carbocycles. The Hall–Kier alpha value is -1.89. The fourth-order valence-corrected chi connectivity index (χ4v) is 4.24. The summed E-state index contributed by atoms with van der Waals surface area (Å²) in [4.78, 5) is 11.0. The lowest BCUT2D eigenvalue weighted by atomic mass is 10.2. The number of hydrogen-bond acceptors (Lipinski definition) is 5. The van der Waals surface area contributed by atoms with E-state index in [-0.39, 0.29) is 5.37 Å². The van der Waals surface area contributed by atoms with Crippen LogP contribution in [-0.2, 0) is 11.4 Å². The monoisotopic (exact) mass is 393 g/mol. The smallest absolute Gasteiger partial charge is 0.161 e. The van der Waals surface area contributed by atoms with Gasteiger partial charge in [-0.1, -0.05) is 41.6 Å². The predicted octanol–water partition coefficient (Wildman–Crippen LogP) is 1.75. The molecule has 1 heterocycles. The molecule has 2 N–H and O–H groups in total. The van der Waals surface area contributed by atoms with Crippen molar-refractivity contribution < 1.29 is 24.7 Å². The molecule has 0 aliphatic carbocycles. The molecule has 5 nitrogen and oxygen atoms in total. The summed E-state index contributed by atoms with van der Waals surface area (Å²) < 4.78 is 11.6. The van der Waals surface area contributed by atoms with E-state index in [0.717, 1.165) is 11.1 Å². The van der Waals surface area contributed by atoms with Crippen molar-refractivity contribution in [2.75, 3.05) is 12.4 Å². The first-order valence-electron chi connectivity index (χ1n) is 8.39. The number of quaternary nitrogens is 1. The zero-order chi connectivity index (χ0) is 18.5. The van der Waals surface area contributed by atoms with Crippen LogP contribution in [0, 0.1) is 0 Å². The molecule has 1 aliphatic heterocycles. The molecular weight excluding hydrogens is 374 g/mol. The van der Waals surface area contributed by atoms with E-state index in [2.05, 4.69) is 0 Å². The number of carboxylic acids is 1. The Morgan fingerprint density at radius 1 is 1.27 bits per heavy atom. The third-order valence-electron chi connectivity index (χ3n) is 4.10. The Morgan fingerprint density at radius 3 is 2.77 bits per heavy atom. The summed E-state index contributed by atoms with van der Waals surface area (Å²) >= 11 is 7.76. The van der Waals surface area contributed by atoms with Crippen LogP contribution in [0.25, 0.3) is 0 Å². The second-order valence-corrected chi connectivity index (χ2v) is 7.47. The first-order valence-corrected chi connectivity index (χ1v) is 9.81. The SMILES string of the molecule is CCOc1cc([C@H]2[NH2+][C@H](C(=O)[O-])CS2)ccc1OCc1ccccc1Cl. The first-order chi connectivity index (χ1) is 12.6. The van der Waals surface area contributed by atoms with Crippen LogP contribution in [0.1, 0.15) is 23.4 Å². The largest absolute Gasteiger partial charge is 0.544 e. The summed E-state index contributed by atoms with van der Waals surface area (Å²) in [5.41, 5.74) is 1.89. The Bertz CT molecular complexity index is 786. The molecule has 0 unspecified atom stereocenters. The highest BCUT2D eigenvalue weighted by Crippen LogP contribution is 2.35. The maximum absolute atomic E-state index is 11.0. The fraction of sp³-hybridized carbons (Fsp3) is 0.316. The lowest BCUT2D eigenvalue weighted by Gasteiger charge is -2.16. The number of halogens is 1. The van der Waals surface area contributed by atoms with Gasteiger partial charge >= 0.3 is 0 Å². The van der Waals surface area contributed by atoms with Crippen LogP contribution in [0.15, 0.2) is 42.5 Å².